The maximum Gasteiger partial charge on any atom is 0.0564 e. The Hall–Kier alpha value is -2.02. The summed E-state index contributed by atoms with van der Waals surface area (Å²) in [5.74, 6) is 0. The van der Waals surface area contributed by atoms with Gasteiger partial charge in [0.25, 0.3) is 0 Å². The Bertz CT molecular complexity index is 794. The molecule has 120 valence electrons. The summed E-state index contributed by atoms with van der Waals surface area (Å²) in [7, 11) is 0. The summed E-state index contributed by atoms with van der Waals surface area (Å²) in [6.07, 6.45) is 9.98. The molecule has 0 bridgehead atoms. The first-order chi connectivity index (χ1) is 11.4. The van der Waals surface area contributed by atoms with Gasteiger partial charge in [0.1, 0.15) is 0 Å². The fraction of sp³-hybridized carbons (Fsp3) is 0.364. The van der Waals surface area contributed by atoms with Gasteiger partial charge in [-0.1, -0.05) is 88.1 Å². The summed E-state index contributed by atoms with van der Waals surface area (Å²) < 4.78 is 2.50. The van der Waals surface area contributed by atoms with Gasteiger partial charge >= 0.3 is 0 Å². The third kappa shape index (κ3) is 3.19. The molecular weight excluding hydrogens is 278 g/mol. The van der Waals surface area contributed by atoms with E-state index in [9.17, 15) is 0 Å². The fourth-order valence-corrected chi connectivity index (χ4v) is 3.58. The quantitative estimate of drug-likeness (QED) is 0.403. The van der Waals surface area contributed by atoms with Crippen LogP contribution in [0.4, 0.5) is 0 Å². The van der Waals surface area contributed by atoms with Crippen LogP contribution in [0.15, 0.2) is 49.0 Å². The molecule has 0 amide bonds. The number of aromatic nitrogens is 1. The zero-order chi connectivity index (χ0) is 16.1. The fourth-order valence-electron chi connectivity index (χ4n) is 3.58. The van der Waals surface area contributed by atoms with Crippen molar-refractivity contribution in [2.24, 2.45) is 0 Å². The Balaban J connectivity index is 1.92. The van der Waals surface area contributed by atoms with E-state index in [2.05, 4.69) is 60.5 Å². The van der Waals surface area contributed by atoms with Gasteiger partial charge in [-0.15, -0.1) is 0 Å². The first-order valence-corrected chi connectivity index (χ1v) is 8.99. The van der Waals surface area contributed by atoms with Gasteiger partial charge in [-0.3, -0.25) is 0 Å². The Morgan fingerprint density at radius 1 is 0.870 bits per heavy atom. The van der Waals surface area contributed by atoms with Gasteiger partial charge in [0.2, 0.25) is 0 Å². The lowest BCUT2D eigenvalue weighted by Gasteiger charge is -2.09. The zero-order valence-electron chi connectivity index (χ0n) is 14.2. The molecule has 0 aliphatic rings. The van der Waals surface area contributed by atoms with E-state index in [0.717, 1.165) is 6.54 Å². The molecule has 1 heteroatoms. The van der Waals surface area contributed by atoms with Crippen LogP contribution in [-0.4, -0.2) is 4.57 Å². The number of hydrogen-bond acceptors (Lipinski definition) is 0. The molecular formula is C22H27N. The van der Waals surface area contributed by atoms with Gasteiger partial charge in [0.05, 0.1) is 5.52 Å². The first kappa shape index (κ1) is 15.9. The second-order valence-corrected chi connectivity index (χ2v) is 6.38. The van der Waals surface area contributed by atoms with Crippen molar-refractivity contribution in [1.29, 1.82) is 0 Å². The van der Waals surface area contributed by atoms with Crippen molar-refractivity contribution in [2.75, 3.05) is 0 Å². The number of para-hydroxylation sites is 2. The Kier molecular flexibility index (Phi) is 5.17. The first-order valence-electron chi connectivity index (χ1n) is 8.99. The topological polar surface area (TPSA) is 4.93 Å². The predicted molar refractivity (Wildman–Crippen MR) is 103 cm³/mol. The number of fused-ring (bicyclic) bond motifs is 3. The van der Waals surface area contributed by atoms with Gasteiger partial charge in [-0.25, -0.2) is 0 Å². The van der Waals surface area contributed by atoms with Crippen molar-refractivity contribution in [3.8, 4) is 0 Å². The minimum Gasteiger partial charge on any atom is -0.340 e. The van der Waals surface area contributed by atoms with Gasteiger partial charge in [-0.2, -0.15) is 0 Å². The smallest absolute Gasteiger partial charge is 0.0564 e. The van der Waals surface area contributed by atoms with E-state index in [1.807, 2.05) is 6.08 Å². The minimum absolute atomic E-state index is 1.10. The van der Waals surface area contributed by atoms with E-state index in [-0.39, 0.29) is 0 Å². The zero-order valence-corrected chi connectivity index (χ0v) is 14.2. The SMILES string of the molecule is C=Cc1cccc2c3ccccc3n(CCCCCCCC)c12. The molecule has 0 aliphatic heterocycles. The molecule has 0 aliphatic carbocycles. The van der Waals surface area contributed by atoms with Crippen LogP contribution in [0.1, 0.15) is 51.0 Å². The average Bonchev–Trinajstić information content (AvgIpc) is 2.92. The van der Waals surface area contributed by atoms with Crippen molar-refractivity contribution >= 4 is 27.9 Å². The molecule has 0 spiro atoms. The molecule has 1 heterocycles. The molecule has 3 aromatic rings. The van der Waals surface area contributed by atoms with Gasteiger partial charge in [0, 0.05) is 22.8 Å². The van der Waals surface area contributed by atoms with Crippen molar-refractivity contribution in [3.63, 3.8) is 0 Å². The molecule has 0 unspecified atom stereocenters. The minimum atomic E-state index is 1.10. The van der Waals surface area contributed by atoms with E-state index in [0.29, 0.717) is 0 Å². The molecule has 1 nitrogen and oxygen atoms in total. The van der Waals surface area contributed by atoms with E-state index >= 15 is 0 Å². The van der Waals surface area contributed by atoms with Crippen LogP contribution in [-0.2, 0) is 6.54 Å². The van der Waals surface area contributed by atoms with Crippen LogP contribution in [0.3, 0.4) is 0 Å². The molecule has 23 heavy (non-hydrogen) atoms. The van der Waals surface area contributed by atoms with Crippen molar-refractivity contribution < 1.29 is 0 Å². The van der Waals surface area contributed by atoms with E-state index in [4.69, 9.17) is 0 Å². The normalized spacial score (nSPS) is 11.3. The number of nitrogens with zero attached hydrogens (tertiary/aromatic N) is 1. The molecule has 0 saturated heterocycles. The third-order valence-electron chi connectivity index (χ3n) is 4.78. The van der Waals surface area contributed by atoms with Crippen LogP contribution in [0.25, 0.3) is 27.9 Å². The summed E-state index contributed by atoms with van der Waals surface area (Å²) in [4.78, 5) is 0. The lowest BCUT2D eigenvalue weighted by atomic mass is 10.1. The molecule has 0 N–H and O–H groups in total. The summed E-state index contributed by atoms with van der Waals surface area (Å²) in [5, 5.41) is 2.71. The van der Waals surface area contributed by atoms with Crippen LogP contribution in [0, 0.1) is 0 Å². The molecule has 1 aromatic heterocycles. The summed E-state index contributed by atoms with van der Waals surface area (Å²) in [6.45, 7) is 7.38. The maximum atomic E-state index is 4.01. The average molecular weight is 305 g/mol. The lowest BCUT2D eigenvalue weighted by molar-refractivity contribution is 0.571. The van der Waals surface area contributed by atoms with Crippen LogP contribution in [0.5, 0.6) is 0 Å². The van der Waals surface area contributed by atoms with Crippen LogP contribution >= 0.6 is 0 Å². The van der Waals surface area contributed by atoms with Gasteiger partial charge in [-0.05, 0) is 18.1 Å². The number of aryl methyl sites for hydroxylation is 1. The van der Waals surface area contributed by atoms with E-state index in [1.54, 1.807) is 0 Å². The number of rotatable bonds is 8. The Labute approximate surface area is 139 Å². The van der Waals surface area contributed by atoms with Crippen LogP contribution in [0.2, 0.25) is 0 Å². The maximum absolute atomic E-state index is 4.01. The van der Waals surface area contributed by atoms with Crippen molar-refractivity contribution in [1.82, 2.24) is 4.57 Å². The highest BCUT2D eigenvalue weighted by Gasteiger charge is 2.11. The molecule has 0 fully saturated rings. The highest BCUT2D eigenvalue weighted by atomic mass is 15.0. The Morgan fingerprint density at radius 3 is 2.43 bits per heavy atom. The largest absolute Gasteiger partial charge is 0.340 e. The molecule has 0 atom stereocenters. The molecule has 3 rings (SSSR count). The lowest BCUT2D eigenvalue weighted by Crippen LogP contribution is -1.99. The number of benzene rings is 2. The molecule has 2 aromatic carbocycles. The summed E-state index contributed by atoms with van der Waals surface area (Å²) in [6, 6.07) is 15.3. The Morgan fingerprint density at radius 2 is 1.61 bits per heavy atom. The van der Waals surface area contributed by atoms with Crippen LogP contribution < -0.4 is 0 Å². The third-order valence-corrected chi connectivity index (χ3v) is 4.78. The summed E-state index contributed by atoms with van der Waals surface area (Å²) in [5.41, 5.74) is 3.94. The molecule has 0 saturated carbocycles. The monoisotopic (exact) mass is 305 g/mol. The van der Waals surface area contributed by atoms with E-state index in [1.165, 1.54) is 65.9 Å². The summed E-state index contributed by atoms with van der Waals surface area (Å²) >= 11 is 0. The van der Waals surface area contributed by atoms with Gasteiger partial charge in [0.15, 0.2) is 0 Å². The standard InChI is InChI=1S/C22H27N/c1-3-5-6-7-8-11-17-23-21-16-10-9-14-19(21)20-15-12-13-18(4-2)22(20)23/h4,9-10,12-16H,2-3,5-8,11,17H2,1H3. The highest BCUT2D eigenvalue weighted by Crippen LogP contribution is 2.32. The number of hydrogen-bond donors (Lipinski definition) is 0. The van der Waals surface area contributed by atoms with E-state index < -0.39 is 0 Å². The van der Waals surface area contributed by atoms with Gasteiger partial charge < -0.3 is 4.57 Å². The molecule has 0 radical (unpaired) electrons. The highest BCUT2D eigenvalue weighted by molar-refractivity contribution is 6.10. The van der Waals surface area contributed by atoms with Crippen molar-refractivity contribution in [3.05, 3.63) is 54.6 Å². The second-order valence-electron chi connectivity index (χ2n) is 6.38. The number of unbranched alkanes of at least 4 members (excludes halogenated alkanes) is 5. The van der Waals surface area contributed by atoms with Crippen molar-refractivity contribution in [2.45, 2.75) is 52.0 Å². The predicted octanol–water partition coefficient (Wildman–Crippen LogP) is 6.80. The second kappa shape index (κ2) is 7.50.